The second-order valence-corrected chi connectivity index (χ2v) is 6.48. The molecule has 2 saturated carbocycles. The summed E-state index contributed by atoms with van der Waals surface area (Å²) < 4.78 is 1.98. The summed E-state index contributed by atoms with van der Waals surface area (Å²) in [7, 11) is 2.02. The SMILES string of the molecule is Cc1nn(C)c(C)c1CC(N)C1CC2CCC1C2. The number of nitrogens with zero attached hydrogens (tertiary/aromatic N) is 2. The quantitative estimate of drug-likeness (QED) is 0.891. The molecule has 0 spiro atoms. The first-order valence-corrected chi connectivity index (χ1v) is 7.31. The summed E-state index contributed by atoms with van der Waals surface area (Å²) in [6.07, 6.45) is 6.72. The monoisotopic (exact) mass is 247 g/mol. The minimum atomic E-state index is 0.335. The van der Waals surface area contributed by atoms with Gasteiger partial charge in [0.15, 0.2) is 0 Å². The van der Waals surface area contributed by atoms with Gasteiger partial charge in [0.05, 0.1) is 5.69 Å². The predicted octanol–water partition coefficient (Wildman–Crippen LogP) is 2.34. The molecule has 1 aromatic rings. The van der Waals surface area contributed by atoms with Crippen LogP contribution in [0.5, 0.6) is 0 Å². The summed E-state index contributed by atoms with van der Waals surface area (Å²) in [4.78, 5) is 0. The Morgan fingerprint density at radius 1 is 1.33 bits per heavy atom. The number of hydrogen-bond acceptors (Lipinski definition) is 2. The van der Waals surface area contributed by atoms with E-state index in [9.17, 15) is 0 Å². The van der Waals surface area contributed by atoms with Crippen molar-refractivity contribution in [3.05, 3.63) is 17.0 Å². The smallest absolute Gasteiger partial charge is 0.0628 e. The van der Waals surface area contributed by atoms with Crippen LogP contribution in [0.1, 0.15) is 42.6 Å². The fourth-order valence-electron chi connectivity index (χ4n) is 4.32. The van der Waals surface area contributed by atoms with Gasteiger partial charge in [0.2, 0.25) is 0 Å². The molecule has 1 aromatic heterocycles. The zero-order valence-electron chi connectivity index (χ0n) is 11.8. The topological polar surface area (TPSA) is 43.8 Å². The highest BCUT2D eigenvalue weighted by Gasteiger charge is 2.42. The van der Waals surface area contributed by atoms with Crippen LogP contribution in [-0.2, 0) is 13.5 Å². The number of aryl methyl sites for hydroxylation is 2. The zero-order valence-corrected chi connectivity index (χ0v) is 11.8. The molecular weight excluding hydrogens is 222 g/mol. The Bertz CT molecular complexity index is 449. The molecule has 2 aliphatic rings. The summed E-state index contributed by atoms with van der Waals surface area (Å²) in [6, 6.07) is 0.335. The van der Waals surface area contributed by atoms with Gasteiger partial charge in [-0.25, -0.2) is 0 Å². The van der Waals surface area contributed by atoms with Crippen molar-refractivity contribution in [2.75, 3.05) is 0 Å². The molecule has 18 heavy (non-hydrogen) atoms. The van der Waals surface area contributed by atoms with Crippen molar-refractivity contribution < 1.29 is 0 Å². The van der Waals surface area contributed by atoms with Crippen LogP contribution >= 0.6 is 0 Å². The van der Waals surface area contributed by atoms with Gasteiger partial charge in [-0.2, -0.15) is 5.10 Å². The summed E-state index contributed by atoms with van der Waals surface area (Å²) >= 11 is 0. The number of hydrogen-bond donors (Lipinski definition) is 1. The van der Waals surface area contributed by atoms with E-state index in [-0.39, 0.29) is 0 Å². The highest BCUT2D eigenvalue weighted by molar-refractivity contribution is 5.25. The Morgan fingerprint density at radius 3 is 2.61 bits per heavy atom. The lowest BCUT2D eigenvalue weighted by molar-refractivity contribution is 0.280. The Labute approximate surface area is 110 Å². The average Bonchev–Trinajstić information content (AvgIpc) is 3.00. The number of rotatable bonds is 3. The second-order valence-electron chi connectivity index (χ2n) is 6.48. The maximum absolute atomic E-state index is 6.51. The lowest BCUT2D eigenvalue weighted by Gasteiger charge is -2.27. The van der Waals surface area contributed by atoms with Crippen LogP contribution in [0, 0.1) is 31.6 Å². The van der Waals surface area contributed by atoms with Crippen molar-refractivity contribution in [2.24, 2.45) is 30.5 Å². The average molecular weight is 247 g/mol. The molecule has 2 bridgehead atoms. The van der Waals surface area contributed by atoms with Crippen molar-refractivity contribution in [1.29, 1.82) is 0 Å². The standard InChI is InChI=1S/C15H25N3/c1-9-13(10(2)18(3)17-9)8-15(16)14-7-11-4-5-12(14)6-11/h11-12,14-15H,4-8,16H2,1-3H3. The van der Waals surface area contributed by atoms with Crippen LogP contribution in [-0.4, -0.2) is 15.8 Å². The summed E-state index contributed by atoms with van der Waals surface area (Å²) in [5, 5.41) is 4.50. The van der Waals surface area contributed by atoms with Gasteiger partial charge in [-0.05, 0) is 62.8 Å². The zero-order chi connectivity index (χ0) is 12.9. The van der Waals surface area contributed by atoms with Crippen LogP contribution in [0.3, 0.4) is 0 Å². The molecule has 100 valence electrons. The highest BCUT2D eigenvalue weighted by atomic mass is 15.3. The van der Waals surface area contributed by atoms with E-state index in [0.29, 0.717) is 6.04 Å². The fourth-order valence-corrected chi connectivity index (χ4v) is 4.32. The van der Waals surface area contributed by atoms with Gasteiger partial charge in [0, 0.05) is 18.8 Å². The molecule has 0 saturated heterocycles. The van der Waals surface area contributed by atoms with E-state index < -0.39 is 0 Å². The molecule has 2 fully saturated rings. The Morgan fingerprint density at radius 2 is 2.11 bits per heavy atom. The molecule has 2 aliphatic carbocycles. The van der Waals surface area contributed by atoms with E-state index >= 15 is 0 Å². The lowest BCUT2D eigenvalue weighted by Crippen LogP contribution is -2.35. The molecule has 1 heterocycles. The van der Waals surface area contributed by atoms with Crippen LogP contribution < -0.4 is 5.73 Å². The number of nitrogens with two attached hydrogens (primary N) is 1. The molecule has 0 radical (unpaired) electrons. The Kier molecular flexibility index (Phi) is 2.97. The Hall–Kier alpha value is -0.830. The maximum Gasteiger partial charge on any atom is 0.0628 e. The van der Waals surface area contributed by atoms with Crippen LogP contribution in [0.2, 0.25) is 0 Å². The van der Waals surface area contributed by atoms with Crippen LogP contribution in [0.25, 0.3) is 0 Å². The molecule has 0 amide bonds. The molecule has 3 rings (SSSR count). The fraction of sp³-hybridized carbons (Fsp3) is 0.800. The van der Waals surface area contributed by atoms with Crippen molar-refractivity contribution in [2.45, 2.75) is 52.0 Å². The third-order valence-electron chi connectivity index (χ3n) is 5.44. The normalized spacial score (nSPS) is 32.1. The highest BCUT2D eigenvalue weighted by Crippen LogP contribution is 2.49. The number of fused-ring (bicyclic) bond motifs is 2. The van der Waals surface area contributed by atoms with Gasteiger partial charge in [-0.3, -0.25) is 4.68 Å². The van der Waals surface area contributed by atoms with Gasteiger partial charge < -0.3 is 5.73 Å². The molecule has 0 aromatic carbocycles. The first-order chi connectivity index (χ1) is 8.56. The van der Waals surface area contributed by atoms with Gasteiger partial charge in [-0.1, -0.05) is 6.42 Å². The first-order valence-electron chi connectivity index (χ1n) is 7.31. The minimum absolute atomic E-state index is 0.335. The van der Waals surface area contributed by atoms with E-state index in [0.717, 1.165) is 29.9 Å². The van der Waals surface area contributed by atoms with Crippen molar-refractivity contribution in [1.82, 2.24) is 9.78 Å². The van der Waals surface area contributed by atoms with E-state index in [2.05, 4.69) is 18.9 Å². The number of aromatic nitrogens is 2. The summed E-state index contributed by atoms with van der Waals surface area (Å²) in [5.74, 6) is 2.67. The maximum atomic E-state index is 6.51. The van der Waals surface area contributed by atoms with E-state index in [4.69, 9.17) is 5.73 Å². The van der Waals surface area contributed by atoms with E-state index in [1.165, 1.54) is 36.9 Å². The van der Waals surface area contributed by atoms with Gasteiger partial charge in [0.1, 0.15) is 0 Å². The van der Waals surface area contributed by atoms with Crippen molar-refractivity contribution in [3.8, 4) is 0 Å². The third kappa shape index (κ3) is 1.89. The van der Waals surface area contributed by atoms with Gasteiger partial charge in [-0.15, -0.1) is 0 Å². The van der Waals surface area contributed by atoms with Gasteiger partial charge >= 0.3 is 0 Å². The predicted molar refractivity (Wildman–Crippen MR) is 73.3 cm³/mol. The van der Waals surface area contributed by atoms with E-state index in [1.54, 1.807) is 0 Å². The molecular formula is C15H25N3. The minimum Gasteiger partial charge on any atom is -0.327 e. The van der Waals surface area contributed by atoms with E-state index in [1.807, 2.05) is 11.7 Å². The van der Waals surface area contributed by atoms with Crippen molar-refractivity contribution in [3.63, 3.8) is 0 Å². The molecule has 4 atom stereocenters. The molecule has 3 nitrogen and oxygen atoms in total. The largest absolute Gasteiger partial charge is 0.327 e. The molecule has 3 heteroatoms. The first kappa shape index (κ1) is 12.2. The molecule has 4 unspecified atom stereocenters. The van der Waals surface area contributed by atoms with Crippen LogP contribution in [0.15, 0.2) is 0 Å². The summed E-state index contributed by atoms with van der Waals surface area (Å²) in [6.45, 7) is 4.26. The summed E-state index contributed by atoms with van der Waals surface area (Å²) in [5.41, 5.74) is 10.3. The second kappa shape index (κ2) is 4.37. The third-order valence-corrected chi connectivity index (χ3v) is 5.44. The molecule has 0 aliphatic heterocycles. The Balaban J connectivity index is 1.72. The molecule has 2 N–H and O–H groups in total. The van der Waals surface area contributed by atoms with Crippen molar-refractivity contribution >= 4 is 0 Å². The van der Waals surface area contributed by atoms with Crippen LogP contribution in [0.4, 0.5) is 0 Å². The van der Waals surface area contributed by atoms with Gasteiger partial charge in [0.25, 0.3) is 0 Å². The lowest BCUT2D eigenvalue weighted by atomic mass is 9.81.